The lowest BCUT2D eigenvalue weighted by atomic mass is 9.80. The van der Waals surface area contributed by atoms with Gasteiger partial charge in [0, 0.05) is 10.6 Å². The Bertz CT molecular complexity index is 740. The average Bonchev–Trinajstić information content (AvgIpc) is 2.90. The van der Waals surface area contributed by atoms with Gasteiger partial charge in [-0.25, -0.2) is 0 Å². The molecule has 6 nitrogen and oxygen atoms in total. The van der Waals surface area contributed by atoms with Crippen molar-refractivity contribution in [3.05, 3.63) is 39.1 Å². The van der Waals surface area contributed by atoms with Crippen LogP contribution in [0.5, 0.6) is 0 Å². The second-order valence-electron chi connectivity index (χ2n) is 6.54. The summed E-state index contributed by atoms with van der Waals surface area (Å²) < 4.78 is 5.28. The maximum atomic E-state index is 12.6. The second-order valence-corrected chi connectivity index (χ2v) is 7.36. The number of aliphatic hydroxyl groups excluding tert-OH is 2. The fourth-order valence-electron chi connectivity index (χ4n) is 3.50. The molecule has 2 aliphatic rings. The van der Waals surface area contributed by atoms with Gasteiger partial charge in [-0.15, -0.1) is 0 Å². The molecule has 1 aromatic rings. The van der Waals surface area contributed by atoms with Crippen molar-refractivity contribution in [3.63, 3.8) is 0 Å². The number of carbonyl (C=O) groups is 2. The van der Waals surface area contributed by atoms with Crippen molar-refractivity contribution >= 4 is 41.2 Å². The number of halogens is 2. The lowest BCUT2D eigenvalue weighted by molar-refractivity contribution is -0.126. The van der Waals surface area contributed by atoms with Crippen LogP contribution in [0.3, 0.4) is 0 Å². The van der Waals surface area contributed by atoms with E-state index in [4.69, 9.17) is 38.2 Å². The van der Waals surface area contributed by atoms with Crippen LogP contribution in [-0.4, -0.2) is 41.3 Å². The van der Waals surface area contributed by atoms with Gasteiger partial charge in [0.25, 0.3) is 12.4 Å². The van der Waals surface area contributed by atoms with E-state index in [1.165, 1.54) is 0 Å². The largest absolute Gasteiger partial charge is 0.430 e. The number of amides is 1. The third-order valence-electron chi connectivity index (χ3n) is 4.73. The summed E-state index contributed by atoms with van der Waals surface area (Å²) in [7, 11) is 0. The normalized spacial score (nSPS) is 18.0. The number of aliphatic hydroxyl groups is 2. The van der Waals surface area contributed by atoms with Crippen LogP contribution in [0, 0.1) is 6.92 Å². The van der Waals surface area contributed by atoms with Crippen LogP contribution < -0.4 is 5.32 Å². The van der Waals surface area contributed by atoms with Crippen LogP contribution in [0.15, 0.2) is 17.9 Å². The average molecular weight is 416 g/mol. The molecule has 3 N–H and O–H groups in total. The molecule has 148 valence electrons. The molecule has 0 radical (unpaired) electrons. The number of carbonyl (C=O) groups excluding carboxylic acids is 2. The molecule has 1 heterocycles. The monoisotopic (exact) mass is 415 g/mol. The third kappa shape index (κ3) is 4.63. The van der Waals surface area contributed by atoms with Gasteiger partial charge in [0.15, 0.2) is 0 Å². The van der Waals surface area contributed by atoms with Crippen molar-refractivity contribution < 1.29 is 24.5 Å². The smallest absolute Gasteiger partial charge is 0.298 e. The SMILES string of the molecule is Cc1cc(C2=C(OC=O)C3(CCCCC3)NC2=O)c(Cl)cc1Cl.OCCO. The van der Waals surface area contributed by atoms with Gasteiger partial charge < -0.3 is 20.3 Å². The summed E-state index contributed by atoms with van der Waals surface area (Å²) in [5, 5.41) is 19.2. The fourth-order valence-corrected chi connectivity index (χ4v) is 3.98. The Morgan fingerprint density at radius 1 is 1.15 bits per heavy atom. The molecule has 1 amide bonds. The van der Waals surface area contributed by atoms with Gasteiger partial charge in [-0.3, -0.25) is 9.59 Å². The van der Waals surface area contributed by atoms with Crippen LogP contribution in [0.2, 0.25) is 10.0 Å². The van der Waals surface area contributed by atoms with Crippen LogP contribution in [0.4, 0.5) is 0 Å². The Labute approximate surface area is 168 Å². The zero-order valence-corrected chi connectivity index (χ0v) is 16.6. The topological polar surface area (TPSA) is 95.9 Å². The number of aryl methyl sites for hydroxylation is 1. The quantitative estimate of drug-likeness (QED) is 0.656. The maximum absolute atomic E-state index is 12.6. The van der Waals surface area contributed by atoms with Gasteiger partial charge in [0.05, 0.1) is 29.3 Å². The molecule has 0 saturated heterocycles. The molecule has 1 spiro atoms. The standard InChI is InChI=1S/C17H17Cl2NO3.C2H6O2/c1-10-7-11(13(19)8-12(10)18)14-15(23-9-21)17(20-16(14)22)5-3-2-4-6-17;3-1-2-4/h7-9H,2-6H2,1H3,(H,20,22);3-4H,1-2H2. The molecule has 8 heteroatoms. The molecule has 0 bridgehead atoms. The summed E-state index contributed by atoms with van der Waals surface area (Å²) in [6.45, 7) is 1.97. The van der Waals surface area contributed by atoms with Gasteiger partial charge in [-0.2, -0.15) is 0 Å². The van der Waals surface area contributed by atoms with Crippen LogP contribution in [0.25, 0.3) is 5.57 Å². The number of ether oxygens (including phenoxy) is 1. The first-order valence-electron chi connectivity index (χ1n) is 8.75. The fraction of sp³-hybridized carbons (Fsp3) is 0.474. The van der Waals surface area contributed by atoms with E-state index < -0.39 is 5.54 Å². The van der Waals surface area contributed by atoms with Gasteiger partial charge in [0.1, 0.15) is 5.76 Å². The lowest BCUT2D eigenvalue weighted by Gasteiger charge is -2.34. The van der Waals surface area contributed by atoms with Gasteiger partial charge in [-0.05, 0) is 37.5 Å². The summed E-state index contributed by atoms with van der Waals surface area (Å²) in [5.74, 6) is 0.133. The third-order valence-corrected chi connectivity index (χ3v) is 5.45. The van der Waals surface area contributed by atoms with E-state index in [-0.39, 0.29) is 19.1 Å². The number of benzene rings is 1. The summed E-state index contributed by atoms with van der Waals surface area (Å²) in [4.78, 5) is 23.7. The maximum Gasteiger partial charge on any atom is 0.298 e. The molecule has 27 heavy (non-hydrogen) atoms. The van der Waals surface area contributed by atoms with Gasteiger partial charge in [-0.1, -0.05) is 42.5 Å². The number of hydrogen-bond acceptors (Lipinski definition) is 5. The van der Waals surface area contributed by atoms with Gasteiger partial charge in [0.2, 0.25) is 0 Å². The molecule has 0 atom stereocenters. The highest BCUT2D eigenvalue weighted by molar-refractivity contribution is 6.38. The summed E-state index contributed by atoms with van der Waals surface area (Å²) in [6, 6.07) is 3.37. The van der Waals surface area contributed by atoms with E-state index in [9.17, 15) is 9.59 Å². The number of hydrogen-bond donors (Lipinski definition) is 3. The molecule has 1 aromatic carbocycles. The molecule has 1 saturated carbocycles. The van der Waals surface area contributed by atoms with Crippen LogP contribution >= 0.6 is 23.2 Å². The molecule has 1 aliphatic carbocycles. The highest BCUT2D eigenvalue weighted by Gasteiger charge is 2.48. The zero-order chi connectivity index (χ0) is 20.0. The molecular weight excluding hydrogens is 393 g/mol. The Kier molecular flexibility index (Phi) is 7.68. The Hall–Kier alpha value is -1.60. The van der Waals surface area contributed by atoms with Crippen LogP contribution in [0.1, 0.15) is 43.2 Å². The number of nitrogens with one attached hydrogen (secondary N) is 1. The van der Waals surface area contributed by atoms with E-state index in [0.717, 1.165) is 37.7 Å². The van der Waals surface area contributed by atoms with E-state index in [1.807, 2.05) is 6.92 Å². The Morgan fingerprint density at radius 2 is 1.78 bits per heavy atom. The zero-order valence-electron chi connectivity index (χ0n) is 15.1. The summed E-state index contributed by atoms with van der Waals surface area (Å²) >= 11 is 12.4. The van der Waals surface area contributed by atoms with E-state index in [2.05, 4.69) is 5.32 Å². The summed E-state index contributed by atoms with van der Waals surface area (Å²) in [6.07, 6.45) is 4.59. The second kappa shape index (κ2) is 9.55. The molecule has 3 rings (SSSR count). The molecule has 0 aromatic heterocycles. The minimum atomic E-state index is -0.595. The minimum Gasteiger partial charge on any atom is -0.430 e. The van der Waals surface area contributed by atoms with Crippen molar-refractivity contribution in [1.82, 2.24) is 5.32 Å². The highest BCUT2D eigenvalue weighted by Crippen LogP contribution is 2.44. The van der Waals surface area contributed by atoms with E-state index >= 15 is 0 Å². The first kappa shape index (κ1) is 21.7. The molecule has 0 unspecified atom stereocenters. The van der Waals surface area contributed by atoms with Crippen molar-refractivity contribution in [2.45, 2.75) is 44.6 Å². The van der Waals surface area contributed by atoms with Crippen molar-refractivity contribution in [1.29, 1.82) is 0 Å². The van der Waals surface area contributed by atoms with Crippen LogP contribution in [-0.2, 0) is 14.3 Å². The molecule has 1 fully saturated rings. The predicted molar refractivity (Wildman–Crippen MR) is 103 cm³/mol. The van der Waals surface area contributed by atoms with Crippen molar-refractivity contribution in [2.24, 2.45) is 0 Å². The van der Waals surface area contributed by atoms with E-state index in [1.54, 1.807) is 12.1 Å². The number of rotatable bonds is 4. The minimum absolute atomic E-state index is 0.125. The van der Waals surface area contributed by atoms with Crippen molar-refractivity contribution in [3.8, 4) is 0 Å². The summed E-state index contributed by atoms with van der Waals surface area (Å²) in [5.41, 5.74) is 1.10. The molecule has 1 aliphatic heterocycles. The lowest BCUT2D eigenvalue weighted by Crippen LogP contribution is -2.46. The Balaban J connectivity index is 0.000000596. The molecular formula is C19H23Cl2NO5. The van der Waals surface area contributed by atoms with Crippen molar-refractivity contribution in [2.75, 3.05) is 13.2 Å². The Morgan fingerprint density at radius 3 is 2.33 bits per heavy atom. The first-order chi connectivity index (χ1) is 12.9. The predicted octanol–water partition coefficient (Wildman–Crippen LogP) is 2.99. The van der Waals surface area contributed by atoms with E-state index in [0.29, 0.717) is 33.4 Å². The highest BCUT2D eigenvalue weighted by atomic mass is 35.5. The first-order valence-corrected chi connectivity index (χ1v) is 9.51. The van der Waals surface area contributed by atoms with Gasteiger partial charge >= 0.3 is 0 Å².